The third-order valence-electron chi connectivity index (χ3n) is 12.2. The van der Waals surface area contributed by atoms with Crippen molar-refractivity contribution >= 4 is 17.7 Å². The minimum Gasteiger partial charge on any atom is -0.489 e. The molecule has 0 saturated carbocycles. The van der Waals surface area contributed by atoms with Gasteiger partial charge in [-0.1, -0.05) is 84.9 Å². The number of methoxy groups -OCH3 is 2. The van der Waals surface area contributed by atoms with E-state index in [1.165, 1.54) is 38.5 Å². The van der Waals surface area contributed by atoms with E-state index >= 15 is 0 Å². The second kappa shape index (κ2) is 21.2. The molecule has 2 aliphatic rings. The standard InChI is InChI=1S/C28H25F3O3.C27H23F3O4/c1-18-6-7-22-15-24(12-13-25(22)26(18)16-27(32)33-2)34-17-19-4-3-5-21(14-19)20-8-10-23(11-9-20)28(29,30)31;1-33-26(32)15-24-23-11-10-22(14-20(23)7-12-25(24)31)34-16-17-3-2-4-19(13-17)18-5-8-21(9-6-18)27(28,29)30/h3-5,8-15,26H,1,6-7,16-17H2,2H3;2-6,8-11,13-14,24H,7,12,15-16H2,1H3. The molecule has 2 atom stereocenters. The maximum Gasteiger partial charge on any atom is 0.416 e. The van der Waals surface area contributed by atoms with Gasteiger partial charge in [-0.2, -0.15) is 26.3 Å². The number of halogens is 6. The Bertz CT molecular complexity index is 2590. The summed E-state index contributed by atoms with van der Waals surface area (Å²) in [5, 5.41) is 0. The summed E-state index contributed by atoms with van der Waals surface area (Å²) in [6.45, 7) is 4.74. The molecular formula is C55H48F6O7. The lowest BCUT2D eigenvalue weighted by Gasteiger charge is -2.27. The van der Waals surface area contributed by atoms with Gasteiger partial charge >= 0.3 is 24.3 Å². The molecule has 0 aromatic heterocycles. The molecule has 6 aromatic carbocycles. The second-order valence-electron chi connectivity index (χ2n) is 16.6. The summed E-state index contributed by atoms with van der Waals surface area (Å²) in [5.41, 5.74) is 8.50. The van der Waals surface area contributed by atoms with E-state index in [1.807, 2.05) is 78.9 Å². The van der Waals surface area contributed by atoms with Crippen LogP contribution in [0.5, 0.6) is 11.5 Å². The van der Waals surface area contributed by atoms with Gasteiger partial charge in [0.1, 0.15) is 30.5 Å². The van der Waals surface area contributed by atoms with Gasteiger partial charge in [0.05, 0.1) is 44.1 Å². The number of allylic oxidation sites excluding steroid dienone is 1. The molecule has 8 rings (SSSR count). The molecule has 0 saturated heterocycles. The van der Waals surface area contributed by atoms with E-state index in [0.29, 0.717) is 36.3 Å². The molecule has 2 unspecified atom stereocenters. The summed E-state index contributed by atoms with van der Waals surface area (Å²) >= 11 is 0. The number of carbonyl (C=O) groups is 3. The lowest BCUT2D eigenvalue weighted by molar-refractivity contribution is -0.143. The normalized spacial score (nSPS) is 15.5. The Balaban J connectivity index is 0.000000201. The summed E-state index contributed by atoms with van der Waals surface area (Å²) in [7, 11) is 2.69. The van der Waals surface area contributed by atoms with Crippen LogP contribution < -0.4 is 9.47 Å². The van der Waals surface area contributed by atoms with Gasteiger partial charge in [0, 0.05) is 12.3 Å². The Kier molecular flexibility index (Phi) is 15.2. The summed E-state index contributed by atoms with van der Waals surface area (Å²) in [4.78, 5) is 35.8. The van der Waals surface area contributed by atoms with Crippen LogP contribution in [-0.2, 0) is 62.3 Å². The minimum atomic E-state index is -4.37. The number of ketones is 1. The monoisotopic (exact) mass is 934 g/mol. The predicted molar refractivity (Wildman–Crippen MR) is 245 cm³/mol. The number of fused-ring (bicyclic) bond motifs is 2. The fourth-order valence-corrected chi connectivity index (χ4v) is 8.45. The summed E-state index contributed by atoms with van der Waals surface area (Å²) in [6, 6.07) is 36.6. The van der Waals surface area contributed by atoms with Crippen molar-refractivity contribution in [3.8, 4) is 33.8 Å². The number of ether oxygens (including phenoxy) is 4. The molecule has 6 aromatic rings. The Morgan fingerprint density at radius 3 is 1.40 bits per heavy atom. The number of Topliss-reactive ketones (excluding diaryl/α,β-unsaturated/α-hetero) is 1. The number of benzene rings is 6. The molecule has 0 spiro atoms. The van der Waals surface area contributed by atoms with Crippen LogP contribution >= 0.6 is 0 Å². The number of hydrogen-bond acceptors (Lipinski definition) is 7. The zero-order chi connectivity index (χ0) is 48.6. The zero-order valence-electron chi connectivity index (χ0n) is 37.3. The fourth-order valence-electron chi connectivity index (χ4n) is 8.45. The Labute approximate surface area is 390 Å². The smallest absolute Gasteiger partial charge is 0.416 e. The highest BCUT2D eigenvalue weighted by atomic mass is 19.4. The van der Waals surface area contributed by atoms with Gasteiger partial charge in [0.2, 0.25) is 0 Å². The first kappa shape index (κ1) is 48.8. The summed E-state index contributed by atoms with van der Waals surface area (Å²) in [5.74, 6) is 0.183. The van der Waals surface area contributed by atoms with Crippen LogP contribution in [0.1, 0.15) is 82.0 Å². The van der Waals surface area contributed by atoms with Gasteiger partial charge in [0.25, 0.3) is 0 Å². The SMILES string of the molecule is C=C1CCc2cc(OCc3cccc(-c4ccc(C(F)(F)F)cc4)c3)ccc2C1CC(=O)OC.COC(=O)CC1C(=O)CCc2cc(OCc3cccc(-c4ccc(C(F)(F)F)cc4)c3)ccc21. The van der Waals surface area contributed by atoms with Crippen LogP contribution in [0.2, 0.25) is 0 Å². The van der Waals surface area contributed by atoms with Gasteiger partial charge in [-0.05, 0) is 136 Å². The second-order valence-corrected chi connectivity index (χ2v) is 16.6. The maximum atomic E-state index is 12.8. The molecular weight excluding hydrogens is 887 g/mol. The van der Waals surface area contributed by atoms with Crippen molar-refractivity contribution in [2.75, 3.05) is 14.2 Å². The minimum absolute atomic E-state index is 0.0271. The third kappa shape index (κ3) is 12.2. The molecule has 0 bridgehead atoms. The summed E-state index contributed by atoms with van der Waals surface area (Å²) in [6.07, 6.45) is -5.80. The van der Waals surface area contributed by atoms with Crippen molar-refractivity contribution in [1.82, 2.24) is 0 Å². The van der Waals surface area contributed by atoms with Crippen LogP contribution in [0.25, 0.3) is 22.3 Å². The van der Waals surface area contributed by atoms with Gasteiger partial charge in [-0.25, -0.2) is 0 Å². The molecule has 0 fully saturated rings. The van der Waals surface area contributed by atoms with E-state index < -0.39 is 35.4 Å². The quantitative estimate of drug-likeness (QED) is 0.0686. The van der Waals surface area contributed by atoms with Crippen molar-refractivity contribution in [3.05, 3.63) is 190 Å². The lowest BCUT2D eigenvalue weighted by atomic mass is 9.78. The average Bonchev–Trinajstić information content (AvgIpc) is 3.34. The van der Waals surface area contributed by atoms with Gasteiger partial charge < -0.3 is 18.9 Å². The number of aryl methyl sites for hydroxylation is 2. The first-order valence-corrected chi connectivity index (χ1v) is 21.9. The Hall–Kier alpha value is -7.15. The van der Waals surface area contributed by atoms with E-state index in [0.717, 1.165) is 92.9 Å². The zero-order valence-corrected chi connectivity index (χ0v) is 37.3. The largest absolute Gasteiger partial charge is 0.489 e. The molecule has 352 valence electrons. The first-order chi connectivity index (χ1) is 32.5. The molecule has 0 N–H and O–H groups in total. The lowest BCUT2D eigenvalue weighted by Crippen LogP contribution is -2.23. The first-order valence-electron chi connectivity index (χ1n) is 21.9. The number of rotatable bonds is 12. The molecule has 0 aliphatic heterocycles. The molecule has 0 radical (unpaired) electrons. The Morgan fingerprint density at radius 2 is 0.956 bits per heavy atom. The van der Waals surface area contributed by atoms with Gasteiger partial charge in [-0.15, -0.1) is 0 Å². The van der Waals surface area contributed by atoms with Crippen molar-refractivity contribution in [1.29, 1.82) is 0 Å². The predicted octanol–water partition coefficient (Wildman–Crippen LogP) is 13.2. The van der Waals surface area contributed by atoms with Crippen molar-refractivity contribution in [2.45, 2.75) is 75.9 Å². The van der Waals surface area contributed by atoms with E-state index in [1.54, 1.807) is 6.07 Å². The summed E-state index contributed by atoms with van der Waals surface area (Å²) < 4.78 is 98.4. The van der Waals surface area contributed by atoms with E-state index in [2.05, 4.69) is 6.58 Å². The van der Waals surface area contributed by atoms with Crippen LogP contribution in [0.15, 0.2) is 146 Å². The highest BCUT2D eigenvalue weighted by Gasteiger charge is 2.32. The fraction of sp³-hybridized carbons (Fsp3) is 0.255. The topological polar surface area (TPSA) is 88.1 Å². The highest BCUT2D eigenvalue weighted by Crippen LogP contribution is 2.40. The van der Waals surface area contributed by atoms with Crippen LogP contribution in [0, 0.1) is 0 Å². The van der Waals surface area contributed by atoms with Crippen LogP contribution in [-0.4, -0.2) is 31.9 Å². The van der Waals surface area contributed by atoms with Crippen LogP contribution in [0.3, 0.4) is 0 Å². The van der Waals surface area contributed by atoms with Crippen molar-refractivity contribution in [3.63, 3.8) is 0 Å². The average molecular weight is 935 g/mol. The third-order valence-corrected chi connectivity index (χ3v) is 12.2. The number of alkyl halides is 6. The van der Waals surface area contributed by atoms with E-state index in [-0.39, 0.29) is 37.1 Å². The molecule has 7 nitrogen and oxygen atoms in total. The van der Waals surface area contributed by atoms with Crippen molar-refractivity contribution in [2.24, 2.45) is 0 Å². The molecule has 68 heavy (non-hydrogen) atoms. The van der Waals surface area contributed by atoms with Gasteiger partial charge in [0.15, 0.2) is 0 Å². The van der Waals surface area contributed by atoms with Crippen LogP contribution in [0.4, 0.5) is 26.3 Å². The molecule has 0 amide bonds. The van der Waals surface area contributed by atoms with E-state index in [4.69, 9.17) is 18.9 Å². The highest BCUT2D eigenvalue weighted by molar-refractivity contribution is 5.91. The number of hydrogen-bond donors (Lipinski definition) is 0. The van der Waals surface area contributed by atoms with Gasteiger partial charge in [-0.3, -0.25) is 14.4 Å². The molecule has 2 aliphatic carbocycles. The molecule has 13 heteroatoms. The number of esters is 2. The molecule has 0 heterocycles. The maximum absolute atomic E-state index is 12.8. The Morgan fingerprint density at radius 1 is 0.529 bits per heavy atom. The number of carbonyl (C=O) groups excluding carboxylic acids is 3. The van der Waals surface area contributed by atoms with E-state index in [9.17, 15) is 40.7 Å². The van der Waals surface area contributed by atoms with Crippen molar-refractivity contribution < 1.29 is 59.7 Å².